The van der Waals surface area contributed by atoms with Gasteiger partial charge in [0.25, 0.3) is 0 Å². The maximum Gasteiger partial charge on any atom is 0.244 e. The Morgan fingerprint density at radius 1 is 1.37 bits per heavy atom. The van der Waals surface area contributed by atoms with E-state index in [4.69, 9.17) is 5.73 Å². The first-order chi connectivity index (χ1) is 8.69. The predicted octanol–water partition coefficient (Wildman–Crippen LogP) is 2.53. The summed E-state index contributed by atoms with van der Waals surface area (Å²) in [4.78, 5) is 23.4. The van der Waals surface area contributed by atoms with E-state index in [1.165, 1.54) is 0 Å². The second-order valence-corrected chi connectivity index (χ2v) is 6.61. The van der Waals surface area contributed by atoms with Crippen molar-refractivity contribution in [2.75, 3.05) is 0 Å². The Balaban J connectivity index is 2.85. The molecule has 1 aromatic carbocycles. The van der Waals surface area contributed by atoms with Crippen molar-refractivity contribution in [2.24, 2.45) is 11.1 Å². The van der Waals surface area contributed by atoms with Crippen molar-refractivity contribution >= 4 is 27.7 Å². The number of nitrogens with one attached hydrogen (secondary N) is 1. The highest BCUT2D eigenvalue weighted by Gasteiger charge is 2.23. The Kier molecular flexibility index (Phi) is 5.11. The van der Waals surface area contributed by atoms with Crippen LogP contribution >= 0.6 is 15.9 Å². The number of hydrogen-bond donors (Lipinski definition) is 2. The first-order valence-corrected chi connectivity index (χ1v) is 6.82. The molecule has 2 amide bonds. The third-order valence-corrected chi connectivity index (χ3v) is 2.96. The third-order valence-electron chi connectivity index (χ3n) is 2.46. The van der Waals surface area contributed by atoms with Crippen LogP contribution in [0.15, 0.2) is 28.7 Å². The largest absolute Gasteiger partial charge is 0.368 e. The minimum atomic E-state index is -0.799. The Morgan fingerprint density at radius 3 is 2.47 bits per heavy atom. The molecular weight excluding hydrogens is 308 g/mol. The van der Waals surface area contributed by atoms with E-state index < -0.39 is 11.9 Å². The molecule has 0 heterocycles. The fraction of sp³-hybridized carbons (Fsp3) is 0.429. The number of halogens is 1. The molecule has 0 saturated heterocycles. The van der Waals surface area contributed by atoms with Crippen molar-refractivity contribution < 1.29 is 9.59 Å². The van der Waals surface area contributed by atoms with Crippen molar-refractivity contribution in [3.05, 3.63) is 34.3 Å². The number of hydrogen-bond acceptors (Lipinski definition) is 2. The molecule has 0 aliphatic rings. The summed E-state index contributed by atoms with van der Waals surface area (Å²) < 4.78 is 0.835. The van der Waals surface area contributed by atoms with Gasteiger partial charge >= 0.3 is 0 Å². The molecule has 104 valence electrons. The molecule has 0 radical (unpaired) electrons. The van der Waals surface area contributed by atoms with Gasteiger partial charge in [-0.2, -0.15) is 0 Å². The van der Waals surface area contributed by atoms with E-state index in [-0.39, 0.29) is 11.3 Å². The molecule has 5 heteroatoms. The SMILES string of the molecule is CC(C)(C)CC(=O)N[C@H](C(N)=O)c1cccc(Br)c1. The summed E-state index contributed by atoms with van der Waals surface area (Å²) in [6.45, 7) is 5.89. The molecule has 19 heavy (non-hydrogen) atoms. The summed E-state index contributed by atoms with van der Waals surface area (Å²) >= 11 is 3.33. The van der Waals surface area contributed by atoms with Crippen LogP contribution in [-0.2, 0) is 9.59 Å². The van der Waals surface area contributed by atoms with Gasteiger partial charge in [0.1, 0.15) is 6.04 Å². The Hall–Kier alpha value is -1.36. The van der Waals surface area contributed by atoms with Gasteiger partial charge in [0, 0.05) is 10.9 Å². The molecule has 4 nitrogen and oxygen atoms in total. The second kappa shape index (κ2) is 6.19. The second-order valence-electron chi connectivity index (χ2n) is 5.70. The summed E-state index contributed by atoms with van der Waals surface area (Å²) in [7, 11) is 0. The van der Waals surface area contributed by atoms with Gasteiger partial charge < -0.3 is 11.1 Å². The van der Waals surface area contributed by atoms with Gasteiger partial charge in [-0.15, -0.1) is 0 Å². The number of rotatable bonds is 4. The van der Waals surface area contributed by atoms with Gasteiger partial charge in [-0.05, 0) is 23.1 Å². The molecule has 0 unspecified atom stereocenters. The van der Waals surface area contributed by atoms with Crippen molar-refractivity contribution in [3.8, 4) is 0 Å². The predicted molar refractivity (Wildman–Crippen MR) is 78.3 cm³/mol. The molecule has 0 fully saturated rings. The highest BCUT2D eigenvalue weighted by atomic mass is 79.9. The number of nitrogens with two attached hydrogens (primary N) is 1. The quantitative estimate of drug-likeness (QED) is 0.892. The first kappa shape index (κ1) is 15.7. The molecular formula is C14H19BrN2O2. The lowest BCUT2D eigenvalue weighted by atomic mass is 9.91. The van der Waals surface area contributed by atoms with E-state index in [1.54, 1.807) is 18.2 Å². The normalized spacial score (nSPS) is 12.8. The van der Waals surface area contributed by atoms with Gasteiger partial charge in [0.05, 0.1) is 0 Å². The van der Waals surface area contributed by atoms with E-state index in [0.717, 1.165) is 4.47 Å². The standard InChI is InChI=1S/C14H19BrN2O2/c1-14(2,3)8-11(18)17-12(13(16)19)9-5-4-6-10(15)7-9/h4-7,12H,8H2,1-3H3,(H2,16,19)(H,17,18)/t12-/m0/s1. The molecule has 1 aromatic rings. The lowest BCUT2D eigenvalue weighted by molar-refractivity contribution is -0.128. The lowest BCUT2D eigenvalue weighted by Crippen LogP contribution is -2.38. The monoisotopic (exact) mass is 326 g/mol. The molecule has 0 aromatic heterocycles. The van der Waals surface area contributed by atoms with E-state index in [9.17, 15) is 9.59 Å². The van der Waals surface area contributed by atoms with Crippen LogP contribution in [0.1, 0.15) is 38.8 Å². The lowest BCUT2D eigenvalue weighted by Gasteiger charge is -2.21. The van der Waals surface area contributed by atoms with Crippen LogP contribution in [0.4, 0.5) is 0 Å². The van der Waals surface area contributed by atoms with Crippen LogP contribution in [-0.4, -0.2) is 11.8 Å². The Labute approximate surface area is 121 Å². The number of amides is 2. The van der Waals surface area contributed by atoms with Crippen LogP contribution in [0.2, 0.25) is 0 Å². The average molecular weight is 327 g/mol. The molecule has 1 rings (SSSR count). The van der Waals surface area contributed by atoms with Gasteiger partial charge in [-0.25, -0.2) is 0 Å². The Morgan fingerprint density at radius 2 is 2.00 bits per heavy atom. The van der Waals surface area contributed by atoms with Gasteiger partial charge in [-0.3, -0.25) is 9.59 Å². The van der Waals surface area contributed by atoms with Crippen LogP contribution in [0.3, 0.4) is 0 Å². The summed E-state index contributed by atoms with van der Waals surface area (Å²) in [5, 5.41) is 2.68. The molecule has 0 bridgehead atoms. The number of carbonyl (C=O) groups is 2. The zero-order chi connectivity index (χ0) is 14.6. The topological polar surface area (TPSA) is 72.2 Å². The third kappa shape index (κ3) is 5.42. The highest BCUT2D eigenvalue weighted by molar-refractivity contribution is 9.10. The molecule has 0 spiro atoms. The molecule has 3 N–H and O–H groups in total. The smallest absolute Gasteiger partial charge is 0.244 e. The van der Waals surface area contributed by atoms with Crippen LogP contribution < -0.4 is 11.1 Å². The van der Waals surface area contributed by atoms with Crippen LogP contribution in [0, 0.1) is 5.41 Å². The van der Waals surface area contributed by atoms with Crippen molar-refractivity contribution in [3.63, 3.8) is 0 Å². The number of benzene rings is 1. The summed E-state index contributed by atoms with van der Waals surface area (Å²) in [5.41, 5.74) is 5.90. The van der Waals surface area contributed by atoms with Crippen LogP contribution in [0.5, 0.6) is 0 Å². The van der Waals surface area contributed by atoms with Crippen molar-refractivity contribution in [2.45, 2.75) is 33.2 Å². The maximum atomic E-state index is 11.9. The van der Waals surface area contributed by atoms with Crippen molar-refractivity contribution in [1.82, 2.24) is 5.32 Å². The summed E-state index contributed by atoms with van der Waals surface area (Å²) in [5.74, 6) is -0.753. The van der Waals surface area contributed by atoms with E-state index in [0.29, 0.717) is 12.0 Å². The van der Waals surface area contributed by atoms with Gasteiger partial charge in [0.15, 0.2) is 0 Å². The summed E-state index contributed by atoms with van der Waals surface area (Å²) in [6.07, 6.45) is 0.338. The van der Waals surface area contributed by atoms with Gasteiger partial charge in [0.2, 0.25) is 11.8 Å². The Bertz CT molecular complexity index is 481. The maximum absolute atomic E-state index is 11.9. The molecule has 0 aliphatic carbocycles. The number of primary amides is 1. The molecule has 1 atom stereocenters. The molecule has 0 aliphatic heterocycles. The first-order valence-electron chi connectivity index (χ1n) is 6.03. The van der Waals surface area contributed by atoms with Crippen LogP contribution in [0.25, 0.3) is 0 Å². The molecule has 0 saturated carbocycles. The number of carbonyl (C=O) groups excluding carboxylic acids is 2. The van der Waals surface area contributed by atoms with Gasteiger partial charge in [-0.1, -0.05) is 48.8 Å². The fourth-order valence-electron chi connectivity index (χ4n) is 1.70. The fourth-order valence-corrected chi connectivity index (χ4v) is 2.12. The zero-order valence-electron chi connectivity index (χ0n) is 11.4. The minimum absolute atomic E-state index is 0.135. The van der Waals surface area contributed by atoms with E-state index in [2.05, 4.69) is 21.2 Å². The highest BCUT2D eigenvalue weighted by Crippen LogP contribution is 2.21. The van der Waals surface area contributed by atoms with E-state index in [1.807, 2.05) is 26.8 Å². The average Bonchev–Trinajstić information content (AvgIpc) is 2.23. The van der Waals surface area contributed by atoms with Crippen molar-refractivity contribution in [1.29, 1.82) is 0 Å². The van der Waals surface area contributed by atoms with E-state index >= 15 is 0 Å². The zero-order valence-corrected chi connectivity index (χ0v) is 13.0. The summed E-state index contributed by atoms with van der Waals surface area (Å²) in [6, 6.07) is 6.38. The minimum Gasteiger partial charge on any atom is -0.368 e.